The number of rotatable bonds is 11. The van der Waals surface area contributed by atoms with Gasteiger partial charge >= 0.3 is 6.09 Å². The third kappa shape index (κ3) is 8.57. The second-order valence-electron chi connectivity index (χ2n) is 10.1. The van der Waals surface area contributed by atoms with E-state index in [2.05, 4.69) is 13.2 Å². The first-order valence-electron chi connectivity index (χ1n) is 14.6. The minimum atomic E-state index is -0.799. The molecule has 1 aliphatic carbocycles. The van der Waals surface area contributed by atoms with Crippen LogP contribution in [0.15, 0.2) is 66.1 Å². The van der Waals surface area contributed by atoms with Crippen LogP contribution in [0, 0.1) is 11.3 Å². The first-order valence-corrected chi connectivity index (χ1v) is 14.6. The maximum absolute atomic E-state index is 15.7. The second kappa shape index (κ2) is 17.6. The molecule has 44 heavy (non-hydrogen) atoms. The first kappa shape index (κ1) is 35.8. The molecule has 10 nitrogen and oxygen atoms in total. The number of aliphatic hydroxyl groups excluding tert-OH is 1. The number of hydrogen-bond donors (Lipinski definition) is 1. The standard InChI is InChI=1S/C30H35FN4O5.C2H4.CH4O/c1-4-26(31)28(29(39-3)27(11-14-36)34(23-7-8-23)17-20(2)19-37)33-12-9-21-5-6-24(15-22(21)10-13-33)35-18-25(16-32)40-30(35)38;2*1-2/h5-6,14-15,17,19,23,25H,4,7-13,18H2,1-3H3;1-2H2;2H,1H3/b20-17+,28-26-,29-27-;;. The van der Waals surface area contributed by atoms with Crippen LogP contribution < -0.4 is 4.90 Å². The number of amides is 1. The van der Waals surface area contributed by atoms with Gasteiger partial charge in [-0.25, -0.2) is 9.18 Å². The third-order valence-corrected chi connectivity index (χ3v) is 7.38. The Balaban J connectivity index is 0.00000162. The minimum absolute atomic E-state index is 0.00978. The molecular weight excluding hydrogens is 567 g/mol. The van der Waals surface area contributed by atoms with Gasteiger partial charge in [0.25, 0.3) is 0 Å². The fourth-order valence-corrected chi connectivity index (χ4v) is 5.20. The Kier molecular flexibility index (Phi) is 14.3. The van der Waals surface area contributed by atoms with Crippen LogP contribution in [0.4, 0.5) is 14.9 Å². The maximum Gasteiger partial charge on any atom is 0.415 e. The molecule has 0 radical (unpaired) electrons. The zero-order valence-corrected chi connectivity index (χ0v) is 26.1. The van der Waals surface area contributed by atoms with Gasteiger partial charge in [-0.15, -0.1) is 13.2 Å². The fourth-order valence-electron chi connectivity index (χ4n) is 5.20. The Bertz CT molecular complexity index is 1310. The largest absolute Gasteiger partial charge is 0.493 e. The van der Waals surface area contributed by atoms with Gasteiger partial charge in [-0.2, -0.15) is 5.26 Å². The van der Waals surface area contributed by atoms with Crippen LogP contribution in [0.5, 0.6) is 0 Å². The molecule has 1 aromatic rings. The Morgan fingerprint density at radius 3 is 2.41 bits per heavy atom. The van der Waals surface area contributed by atoms with Crippen LogP contribution >= 0.6 is 0 Å². The number of ether oxygens (including phenoxy) is 2. The summed E-state index contributed by atoms with van der Waals surface area (Å²) >= 11 is 0. The zero-order chi connectivity index (χ0) is 32.8. The fraction of sp³-hybridized carbons (Fsp3) is 0.455. The molecule has 1 saturated carbocycles. The van der Waals surface area contributed by atoms with E-state index in [1.165, 1.54) is 12.0 Å². The van der Waals surface area contributed by atoms with E-state index < -0.39 is 12.2 Å². The van der Waals surface area contributed by atoms with Gasteiger partial charge in [-0.3, -0.25) is 9.69 Å². The molecule has 0 bridgehead atoms. The van der Waals surface area contributed by atoms with Crippen LogP contribution in [-0.4, -0.2) is 79.6 Å². The summed E-state index contributed by atoms with van der Waals surface area (Å²) in [5.41, 5.74) is 4.13. The van der Waals surface area contributed by atoms with Crippen LogP contribution in [-0.2, 0) is 31.9 Å². The molecule has 1 N–H and O–H groups in total. The van der Waals surface area contributed by atoms with E-state index in [1.54, 1.807) is 20.0 Å². The van der Waals surface area contributed by atoms with Gasteiger partial charge in [-0.05, 0) is 62.3 Å². The Morgan fingerprint density at radius 1 is 1.23 bits per heavy atom. The lowest BCUT2D eigenvalue weighted by Gasteiger charge is -2.32. The topological polar surface area (TPSA) is 123 Å². The number of fused-ring (bicyclic) bond motifs is 1. The highest BCUT2D eigenvalue weighted by atomic mass is 19.1. The number of cyclic esters (lactones) is 1. The molecule has 2 heterocycles. The SMILES string of the molecule is C=C.CC/C(F)=C(\C(OC)=C(/CC=O)N(/C=C(\C)C=O)C1CC1)N1CCc2ccc(N3CC(C#N)OC3=O)cc2CC1.CO. The van der Waals surface area contributed by atoms with Crippen molar-refractivity contribution in [2.24, 2.45) is 0 Å². The van der Waals surface area contributed by atoms with Gasteiger partial charge in [0, 0.05) is 50.1 Å². The summed E-state index contributed by atoms with van der Waals surface area (Å²) in [7, 11) is 2.48. The number of benzene rings is 1. The molecular formula is C33H43FN4O6. The van der Waals surface area contributed by atoms with E-state index in [0.29, 0.717) is 54.3 Å². The summed E-state index contributed by atoms with van der Waals surface area (Å²) in [4.78, 5) is 40.8. The van der Waals surface area contributed by atoms with Crippen molar-refractivity contribution in [1.29, 1.82) is 5.26 Å². The van der Waals surface area contributed by atoms with Gasteiger partial charge in [0.15, 0.2) is 5.76 Å². The molecule has 2 fully saturated rings. The third-order valence-electron chi connectivity index (χ3n) is 7.38. The van der Waals surface area contributed by atoms with Gasteiger partial charge < -0.3 is 29.2 Å². The van der Waals surface area contributed by atoms with Gasteiger partial charge in [0.1, 0.15) is 30.2 Å². The molecule has 238 valence electrons. The number of nitrogens with zero attached hydrogens (tertiary/aromatic N) is 4. The number of aldehydes is 2. The predicted molar refractivity (Wildman–Crippen MR) is 166 cm³/mol. The normalized spacial score (nSPS) is 18.8. The summed E-state index contributed by atoms with van der Waals surface area (Å²) in [5, 5.41) is 16.1. The van der Waals surface area contributed by atoms with Crippen molar-refractivity contribution in [3.8, 4) is 6.07 Å². The van der Waals surface area contributed by atoms with Crippen molar-refractivity contribution in [2.75, 3.05) is 38.8 Å². The number of aliphatic hydroxyl groups is 1. The number of halogens is 1. The molecule has 0 spiro atoms. The molecule has 1 amide bonds. The molecule has 3 aliphatic rings. The monoisotopic (exact) mass is 610 g/mol. The average Bonchev–Trinajstić information content (AvgIpc) is 3.87. The second-order valence-corrected chi connectivity index (χ2v) is 10.1. The zero-order valence-electron chi connectivity index (χ0n) is 26.1. The van der Waals surface area contributed by atoms with E-state index in [-0.39, 0.29) is 31.3 Å². The molecule has 1 saturated heterocycles. The Morgan fingerprint density at radius 2 is 1.89 bits per heavy atom. The van der Waals surface area contributed by atoms with Crippen molar-refractivity contribution in [1.82, 2.24) is 9.80 Å². The lowest BCUT2D eigenvalue weighted by molar-refractivity contribution is -0.107. The molecule has 1 atom stereocenters. The van der Waals surface area contributed by atoms with Gasteiger partial charge in [0.05, 0.1) is 19.4 Å². The van der Waals surface area contributed by atoms with Crippen molar-refractivity contribution in [3.63, 3.8) is 0 Å². The number of carbonyl (C=O) groups is 3. The number of anilines is 1. The summed E-state index contributed by atoms with van der Waals surface area (Å²) in [6, 6.07) is 7.84. The molecule has 11 heteroatoms. The predicted octanol–water partition coefficient (Wildman–Crippen LogP) is 4.95. The Labute approximate surface area is 259 Å². The summed E-state index contributed by atoms with van der Waals surface area (Å²) < 4.78 is 26.7. The maximum atomic E-state index is 15.7. The number of hydrogen-bond acceptors (Lipinski definition) is 9. The Hall–Kier alpha value is -4.43. The van der Waals surface area contributed by atoms with Crippen molar-refractivity contribution < 1.29 is 33.4 Å². The van der Waals surface area contributed by atoms with E-state index in [0.717, 1.165) is 43.7 Å². The molecule has 1 unspecified atom stereocenters. The van der Waals surface area contributed by atoms with Crippen LogP contribution in [0.3, 0.4) is 0 Å². The molecule has 1 aromatic carbocycles. The van der Waals surface area contributed by atoms with E-state index >= 15 is 4.39 Å². The van der Waals surface area contributed by atoms with Crippen LogP contribution in [0.2, 0.25) is 0 Å². The summed E-state index contributed by atoms with van der Waals surface area (Å²) in [6.45, 7) is 10.6. The van der Waals surface area contributed by atoms with Crippen molar-refractivity contribution >= 4 is 24.4 Å². The first-order chi connectivity index (χ1) is 21.3. The summed E-state index contributed by atoms with van der Waals surface area (Å²) in [6.07, 6.45) is 5.08. The number of allylic oxidation sites excluding steroid dienone is 3. The highest BCUT2D eigenvalue weighted by Crippen LogP contribution is 2.37. The van der Waals surface area contributed by atoms with Crippen molar-refractivity contribution in [3.05, 3.63) is 77.2 Å². The number of carbonyl (C=O) groups excluding carboxylic acids is 3. The lowest BCUT2D eigenvalue weighted by Crippen LogP contribution is -2.31. The van der Waals surface area contributed by atoms with Crippen molar-refractivity contribution in [2.45, 2.75) is 64.5 Å². The van der Waals surface area contributed by atoms with Gasteiger partial charge in [0.2, 0.25) is 6.10 Å². The molecule has 0 aromatic heterocycles. The van der Waals surface area contributed by atoms with E-state index in [4.69, 9.17) is 19.8 Å². The number of methoxy groups -OCH3 is 1. The highest BCUT2D eigenvalue weighted by molar-refractivity contribution is 5.90. The van der Waals surface area contributed by atoms with E-state index in [1.807, 2.05) is 34.1 Å². The minimum Gasteiger partial charge on any atom is -0.493 e. The molecule has 4 rings (SSSR count). The number of nitriles is 1. The summed E-state index contributed by atoms with van der Waals surface area (Å²) in [5.74, 6) is -0.0524. The van der Waals surface area contributed by atoms with Crippen LogP contribution in [0.25, 0.3) is 0 Å². The highest BCUT2D eigenvalue weighted by Gasteiger charge is 2.35. The van der Waals surface area contributed by atoms with E-state index in [9.17, 15) is 14.4 Å². The lowest BCUT2D eigenvalue weighted by atomic mass is 10.0. The quantitative estimate of drug-likeness (QED) is 0.122. The molecule has 2 aliphatic heterocycles. The average molecular weight is 611 g/mol. The van der Waals surface area contributed by atoms with Crippen LogP contribution in [0.1, 0.15) is 50.7 Å². The van der Waals surface area contributed by atoms with Gasteiger partial charge in [-0.1, -0.05) is 13.0 Å². The smallest absolute Gasteiger partial charge is 0.415 e.